The smallest absolute Gasteiger partial charge is 0.333 e. The van der Waals surface area contributed by atoms with E-state index in [1.165, 1.54) is 17.4 Å². The Balaban J connectivity index is 1.53. The van der Waals surface area contributed by atoms with E-state index >= 15 is 0 Å². The number of halogens is 2. The molecule has 0 spiro atoms. The number of fused-ring (bicyclic) bond motifs is 2. The van der Waals surface area contributed by atoms with Gasteiger partial charge in [-0.2, -0.15) is 4.98 Å². The standard InChI is InChI=1S/C23H21Cl2N7O/c1-12-8-13-9-14(6-7-18(13)31(2)11-12)28-22-27-10-15-20(26)32(23(33)30-21(15)29-22)19-16(24)4-3-5-17(19)25/h3-7,9-10,12,26H,8,11H2,1-2H3,(H2,27,28,29,30,33). The molecule has 1 aliphatic rings. The van der Waals surface area contributed by atoms with E-state index in [0.29, 0.717) is 17.3 Å². The van der Waals surface area contributed by atoms with Crippen LogP contribution < -0.4 is 21.4 Å². The molecule has 0 radical (unpaired) electrons. The lowest BCUT2D eigenvalue weighted by molar-refractivity contribution is 0.552. The van der Waals surface area contributed by atoms with Crippen LogP contribution >= 0.6 is 23.2 Å². The summed E-state index contributed by atoms with van der Waals surface area (Å²) in [5, 5.41) is 12.7. The average molecular weight is 482 g/mol. The van der Waals surface area contributed by atoms with Crippen molar-refractivity contribution in [1.29, 1.82) is 5.41 Å². The van der Waals surface area contributed by atoms with Crippen LogP contribution in [-0.4, -0.2) is 33.1 Å². The SMILES string of the molecule is CC1Cc2cc(Nc3ncc4c(=N)n(-c5c(Cl)cccc5Cl)c(=O)[nH]c4n3)ccc2N(C)C1. The minimum atomic E-state index is -0.571. The Morgan fingerprint density at radius 1 is 1.21 bits per heavy atom. The third kappa shape index (κ3) is 3.85. The number of hydrogen-bond acceptors (Lipinski definition) is 6. The first-order valence-corrected chi connectivity index (χ1v) is 11.2. The number of hydrogen-bond donors (Lipinski definition) is 3. The molecule has 8 nitrogen and oxygen atoms in total. The number of nitrogens with one attached hydrogen (secondary N) is 3. The van der Waals surface area contributed by atoms with Gasteiger partial charge in [0.2, 0.25) is 5.95 Å². The van der Waals surface area contributed by atoms with Crippen LogP contribution in [-0.2, 0) is 6.42 Å². The van der Waals surface area contributed by atoms with Crippen molar-refractivity contribution < 1.29 is 0 Å². The van der Waals surface area contributed by atoms with Gasteiger partial charge in [-0.1, -0.05) is 36.2 Å². The highest BCUT2D eigenvalue weighted by atomic mass is 35.5. The summed E-state index contributed by atoms with van der Waals surface area (Å²) in [7, 11) is 2.10. The van der Waals surface area contributed by atoms with E-state index in [2.05, 4.69) is 51.3 Å². The molecule has 0 bridgehead atoms. The average Bonchev–Trinajstić information content (AvgIpc) is 2.75. The second kappa shape index (κ2) is 8.20. The number of nitrogens with zero attached hydrogens (tertiary/aromatic N) is 4. The predicted molar refractivity (Wildman–Crippen MR) is 131 cm³/mol. The normalized spacial score (nSPS) is 15.5. The van der Waals surface area contributed by atoms with Gasteiger partial charge >= 0.3 is 5.69 Å². The molecular weight excluding hydrogens is 461 g/mol. The lowest BCUT2D eigenvalue weighted by atomic mass is 9.94. The van der Waals surface area contributed by atoms with Crippen molar-refractivity contribution in [3.63, 3.8) is 0 Å². The number of aromatic amines is 1. The fourth-order valence-electron chi connectivity index (χ4n) is 4.34. The summed E-state index contributed by atoms with van der Waals surface area (Å²) in [4.78, 5) is 26.6. The third-order valence-electron chi connectivity index (χ3n) is 5.76. The van der Waals surface area contributed by atoms with Crippen LogP contribution in [0, 0.1) is 11.3 Å². The van der Waals surface area contributed by atoms with Gasteiger partial charge < -0.3 is 10.2 Å². The Morgan fingerprint density at radius 2 is 1.97 bits per heavy atom. The first kappa shape index (κ1) is 21.5. The molecule has 10 heteroatoms. The summed E-state index contributed by atoms with van der Waals surface area (Å²) in [6.07, 6.45) is 2.51. The maximum absolute atomic E-state index is 12.8. The second-order valence-corrected chi connectivity index (χ2v) is 9.11. The van der Waals surface area contributed by atoms with Crippen LogP contribution in [0.3, 0.4) is 0 Å². The summed E-state index contributed by atoms with van der Waals surface area (Å²) >= 11 is 12.5. The molecule has 0 saturated carbocycles. The number of benzene rings is 2. The molecule has 2 aromatic heterocycles. The molecule has 168 valence electrons. The molecule has 0 amide bonds. The van der Waals surface area contributed by atoms with Gasteiger partial charge in [-0.3, -0.25) is 10.4 Å². The molecule has 5 rings (SSSR count). The van der Waals surface area contributed by atoms with Crippen LogP contribution in [0.15, 0.2) is 47.4 Å². The van der Waals surface area contributed by atoms with Gasteiger partial charge in [0, 0.05) is 31.2 Å². The topological polar surface area (TPSA) is 103 Å². The summed E-state index contributed by atoms with van der Waals surface area (Å²) < 4.78 is 1.12. The Bertz CT molecular complexity index is 1490. The first-order chi connectivity index (χ1) is 15.8. The monoisotopic (exact) mass is 481 g/mol. The molecule has 1 unspecified atom stereocenters. The largest absolute Gasteiger partial charge is 0.374 e. The van der Waals surface area contributed by atoms with E-state index in [-0.39, 0.29) is 26.9 Å². The van der Waals surface area contributed by atoms with Crippen molar-refractivity contribution in [3.05, 3.63) is 74.2 Å². The van der Waals surface area contributed by atoms with Gasteiger partial charge in [-0.05, 0) is 48.2 Å². The van der Waals surface area contributed by atoms with E-state index in [1.54, 1.807) is 18.2 Å². The predicted octanol–water partition coefficient (Wildman–Crippen LogP) is 4.27. The van der Waals surface area contributed by atoms with Crippen molar-refractivity contribution in [2.24, 2.45) is 5.92 Å². The zero-order valence-corrected chi connectivity index (χ0v) is 19.5. The van der Waals surface area contributed by atoms with Crippen LogP contribution in [0.25, 0.3) is 16.7 Å². The number of anilines is 3. The van der Waals surface area contributed by atoms with Crippen LogP contribution in [0.4, 0.5) is 17.3 Å². The summed E-state index contributed by atoms with van der Waals surface area (Å²) in [6, 6.07) is 11.1. The van der Waals surface area contributed by atoms with Crippen molar-refractivity contribution in [3.8, 4) is 5.69 Å². The fraction of sp³-hybridized carbons (Fsp3) is 0.217. The van der Waals surface area contributed by atoms with E-state index < -0.39 is 5.69 Å². The quantitative estimate of drug-likeness (QED) is 0.405. The molecule has 0 saturated heterocycles. The number of H-pyrrole nitrogens is 1. The van der Waals surface area contributed by atoms with Crippen LogP contribution in [0.1, 0.15) is 12.5 Å². The zero-order valence-electron chi connectivity index (χ0n) is 18.0. The van der Waals surface area contributed by atoms with Gasteiger partial charge in [0.1, 0.15) is 5.49 Å². The van der Waals surface area contributed by atoms with Gasteiger partial charge in [0.25, 0.3) is 0 Å². The molecule has 3 N–H and O–H groups in total. The first-order valence-electron chi connectivity index (χ1n) is 10.4. The zero-order chi connectivity index (χ0) is 23.3. The number of para-hydroxylation sites is 1. The summed E-state index contributed by atoms with van der Waals surface area (Å²) in [5.74, 6) is 0.900. The van der Waals surface area contributed by atoms with Gasteiger partial charge in [-0.15, -0.1) is 0 Å². The van der Waals surface area contributed by atoms with E-state index in [4.69, 9.17) is 28.6 Å². The Hall–Kier alpha value is -3.36. The minimum Gasteiger partial charge on any atom is -0.374 e. The highest BCUT2D eigenvalue weighted by Crippen LogP contribution is 2.31. The Labute approximate surface area is 199 Å². The molecule has 1 atom stereocenters. The van der Waals surface area contributed by atoms with Crippen molar-refractivity contribution in [2.45, 2.75) is 13.3 Å². The van der Waals surface area contributed by atoms with Crippen molar-refractivity contribution >= 4 is 51.6 Å². The molecular formula is C23H21Cl2N7O. The Kier molecular flexibility index (Phi) is 5.34. The highest BCUT2D eigenvalue weighted by Gasteiger charge is 2.19. The number of aromatic nitrogens is 4. The van der Waals surface area contributed by atoms with Crippen molar-refractivity contribution in [1.82, 2.24) is 19.5 Å². The van der Waals surface area contributed by atoms with Gasteiger partial charge in [0.15, 0.2) is 5.65 Å². The molecule has 4 aromatic rings. The lowest BCUT2D eigenvalue weighted by Gasteiger charge is -2.32. The van der Waals surface area contributed by atoms with E-state index in [1.807, 2.05) is 6.07 Å². The number of rotatable bonds is 3. The second-order valence-electron chi connectivity index (χ2n) is 8.30. The molecule has 2 aromatic carbocycles. The molecule has 0 aliphatic carbocycles. The van der Waals surface area contributed by atoms with Crippen LogP contribution in [0.5, 0.6) is 0 Å². The highest BCUT2D eigenvalue weighted by molar-refractivity contribution is 6.37. The minimum absolute atomic E-state index is 0.110. The van der Waals surface area contributed by atoms with Crippen molar-refractivity contribution in [2.75, 3.05) is 23.8 Å². The molecule has 1 aliphatic heterocycles. The van der Waals surface area contributed by atoms with E-state index in [0.717, 1.165) is 23.2 Å². The molecule has 33 heavy (non-hydrogen) atoms. The molecule has 0 fully saturated rings. The summed E-state index contributed by atoms with van der Waals surface area (Å²) in [5.41, 5.74) is 3.15. The maximum atomic E-state index is 12.8. The van der Waals surface area contributed by atoms with Gasteiger partial charge in [0.05, 0.1) is 21.1 Å². The fourth-order valence-corrected chi connectivity index (χ4v) is 4.91. The van der Waals surface area contributed by atoms with Crippen LogP contribution in [0.2, 0.25) is 10.0 Å². The van der Waals surface area contributed by atoms with Gasteiger partial charge in [-0.25, -0.2) is 14.3 Å². The van der Waals surface area contributed by atoms with E-state index in [9.17, 15) is 4.79 Å². The summed E-state index contributed by atoms with van der Waals surface area (Å²) in [6.45, 7) is 3.28. The Morgan fingerprint density at radius 3 is 2.73 bits per heavy atom. The third-order valence-corrected chi connectivity index (χ3v) is 6.37. The lowest BCUT2D eigenvalue weighted by Crippen LogP contribution is -2.34. The maximum Gasteiger partial charge on any atom is 0.333 e. The molecule has 3 heterocycles.